The van der Waals surface area contributed by atoms with Gasteiger partial charge in [-0.15, -0.1) is 0 Å². The van der Waals surface area contributed by atoms with Gasteiger partial charge in [-0.05, 0) is 5.92 Å². The van der Waals surface area contributed by atoms with Crippen LogP contribution in [0.15, 0.2) is 31.1 Å². The van der Waals surface area contributed by atoms with Crippen LogP contribution in [0.2, 0.25) is 0 Å². The Hall–Kier alpha value is -2.28. The molecule has 21 heavy (non-hydrogen) atoms. The fraction of sp³-hybridized carbons (Fsp3) is 0.429. The highest BCUT2D eigenvalue weighted by atomic mass is 16.3. The average molecular weight is 286 g/mol. The molecule has 1 atom stereocenters. The molecular formula is C14H18N6O. The third-order valence-electron chi connectivity index (χ3n) is 3.32. The summed E-state index contributed by atoms with van der Waals surface area (Å²) < 4.78 is 3.54. The van der Waals surface area contributed by atoms with Crippen LogP contribution in [0.25, 0.3) is 5.52 Å². The lowest BCUT2D eigenvalue weighted by molar-refractivity contribution is 0.175. The molecule has 0 aromatic carbocycles. The van der Waals surface area contributed by atoms with Gasteiger partial charge in [-0.25, -0.2) is 14.2 Å². The Morgan fingerprint density at radius 1 is 1.24 bits per heavy atom. The summed E-state index contributed by atoms with van der Waals surface area (Å²) in [7, 11) is 0. The van der Waals surface area contributed by atoms with Crippen molar-refractivity contribution in [3.63, 3.8) is 0 Å². The van der Waals surface area contributed by atoms with Crippen molar-refractivity contribution in [2.24, 2.45) is 5.92 Å². The molecule has 0 aliphatic rings. The number of aliphatic hydroxyl groups excluding tert-OH is 1. The van der Waals surface area contributed by atoms with E-state index < -0.39 is 6.10 Å². The zero-order valence-corrected chi connectivity index (χ0v) is 12.1. The van der Waals surface area contributed by atoms with Gasteiger partial charge in [0.25, 0.3) is 0 Å². The van der Waals surface area contributed by atoms with E-state index in [0.717, 1.165) is 23.4 Å². The monoisotopic (exact) mass is 286 g/mol. The highest BCUT2D eigenvalue weighted by Gasteiger charge is 2.17. The van der Waals surface area contributed by atoms with Gasteiger partial charge < -0.3 is 5.11 Å². The summed E-state index contributed by atoms with van der Waals surface area (Å²) in [6.07, 6.45) is 8.05. The van der Waals surface area contributed by atoms with Gasteiger partial charge >= 0.3 is 0 Å². The Morgan fingerprint density at radius 2 is 2.10 bits per heavy atom. The standard InChI is InChI=1S/C14H18N6O/c1-10(2)8-20-14(16-9-18-20)5-13(21)11-6-17-19-4-3-15-7-12(11)19/h3-4,6-7,9-10,13,21H,5,8H2,1-2H3. The van der Waals surface area contributed by atoms with Crippen LogP contribution in [-0.4, -0.2) is 34.5 Å². The van der Waals surface area contributed by atoms with Crippen LogP contribution in [0.1, 0.15) is 31.3 Å². The maximum Gasteiger partial charge on any atom is 0.138 e. The molecule has 110 valence electrons. The van der Waals surface area contributed by atoms with Crippen LogP contribution >= 0.6 is 0 Å². The lowest BCUT2D eigenvalue weighted by Gasteiger charge is -2.11. The fourth-order valence-corrected chi connectivity index (χ4v) is 2.34. The molecule has 3 aromatic rings. The minimum atomic E-state index is -0.679. The summed E-state index contributed by atoms with van der Waals surface area (Å²) >= 11 is 0. The quantitative estimate of drug-likeness (QED) is 0.763. The number of fused-ring (bicyclic) bond motifs is 1. The first-order valence-corrected chi connectivity index (χ1v) is 6.97. The molecular weight excluding hydrogens is 268 g/mol. The summed E-state index contributed by atoms with van der Waals surface area (Å²) in [4.78, 5) is 8.33. The van der Waals surface area contributed by atoms with Gasteiger partial charge in [0.2, 0.25) is 0 Å². The van der Waals surface area contributed by atoms with Gasteiger partial charge in [-0.1, -0.05) is 13.8 Å². The first-order valence-electron chi connectivity index (χ1n) is 6.97. The minimum Gasteiger partial charge on any atom is -0.388 e. The minimum absolute atomic E-state index is 0.406. The van der Waals surface area contributed by atoms with Crippen molar-refractivity contribution in [3.05, 3.63) is 42.5 Å². The summed E-state index contributed by atoms with van der Waals surface area (Å²) in [6.45, 7) is 5.04. The van der Waals surface area contributed by atoms with E-state index in [1.807, 2.05) is 4.68 Å². The third kappa shape index (κ3) is 2.78. The lowest BCUT2D eigenvalue weighted by atomic mass is 10.1. The molecule has 3 rings (SSSR count). The molecule has 0 bridgehead atoms. The summed E-state index contributed by atoms with van der Waals surface area (Å²) in [5.41, 5.74) is 1.56. The second kappa shape index (κ2) is 5.61. The van der Waals surface area contributed by atoms with Crippen LogP contribution in [0.4, 0.5) is 0 Å². The summed E-state index contributed by atoms with van der Waals surface area (Å²) in [5, 5.41) is 18.9. The molecule has 0 saturated heterocycles. The molecule has 0 radical (unpaired) electrons. The van der Waals surface area contributed by atoms with Crippen molar-refractivity contribution in [3.8, 4) is 0 Å². The van der Waals surface area contributed by atoms with Crippen molar-refractivity contribution >= 4 is 5.52 Å². The van der Waals surface area contributed by atoms with Crippen LogP contribution in [0, 0.1) is 5.92 Å². The normalized spacial score (nSPS) is 13.1. The summed E-state index contributed by atoms with van der Waals surface area (Å²) in [6, 6.07) is 0. The van der Waals surface area contributed by atoms with Gasteiger partial charge in [-0.2, -0.15) is 10.2 Å². The molecule has 3 aromatic heterocycles. The number of aromatic nitrogens is 6. The molecule has 0 aliphatic heterocycles. The van der Waals surface area contributed by atoms with Gasteiger partial charge in [-0.3, -0.25) is 4.98 Å². The van der Waals surface area contributed by atoms with Crippen molar-refractivity contribution in [1.82, 2.24) is 29.4 Å². The van der Waals surface area contributed by atoms with E-state index in [2.05, 4.69) is 34.0 Å². The van der Waals surface area contributed by atoms with E-state index in [1.165, 1.54) is 6.33 Å². The Bertz CT molecular complexity index is 732. The molecule has 0 saturated carbocycles. The molecule has 0 spiro atoms. The van der Waals surface area contributed by atoms with E-state index in [0.29, 0.717) is 12.3 Å². The predicted molar refractivity (Wildman–Crippen MR) is 76.5 cm³/mol. The Kier molecular flexibility index (Phi) is 3.66. The van der Waals surface area contributed by atoms with Gasteiger partial charge in [0.15, 0.2) is 0 Å². The number of hydrogen-bond acceptors (Lipinski definition) is 5. The van der Waals surface area contributed by atoms with E-state index in [1.54, 1.807) is 29.3 Å². The van der Waals surface area contributed by atoms with Gasteiger partial charge in [0, 0.05) is 30.9 Å². The smallest absolute Gasteiger partial charge is 0.138 e. The molecule has 3 heterocycles. The zero-order chi connectivity index (χ0) is 14.8. The van der Waals surface area contributed by atoms with Crippen LogP contribution in [0.3, 0.4) is 0 Å². The highest BCUT2D eigenvalue weighted by Crippen LogP contribution is 2.21. The first-order chi connectivity index (χ1) is 10.1. The molecule has 0 fully saturated rings. The first kappa shape index (κ1) is 13.7. The number of hydrogen-bond donors (Lipinski definition) is 1. The Balaban J connectivity index is 1.83. The van der Waals surface area contributed by atoms with Crippen molar-refractivity contribution < 1.29 is 5.11 Å². The third-order valence-corrected chi connectivity index (χ3v) is 3.32. The second-order valence-electron chi connectivity index (χ2n) is 5.48. The van der Waals surface area contributed by atoms with Crippen molar-refractivity contribution in [1.29, 1.82) is 0 Å². The van der Waals surface area contributed by atoms with Crippen LogP contribution in [0.5, 0.6) is 0 Å². The number of aliphatic hydroxyl groups is 1. The summed E-state index contributed by atoms with van der Waals surface area (Å²) in [5.74, 6) is 1.25. The van der Waals surface area contributed by atoms with Crippen LogP contribution in [-0.2, 0) is 13.0 Å². The molecule has 1 unspecified atom stereocenters. The van der Waals surface area contributed by atoms with Gasteiger partial charge in [0.1, 0.15) is 12.2 Å². The fourth-order valence-electron chi connectivity index (χ4n) is 2.34. The van der Waals surface area contributed by atoms with E-state index in [9.17, 15) is 5.11 Å². The number of nitrogens with zero attached hydrogens (tertiary/aromatic N) is 6. The lowest BCUT2D eigenvalue weighted by Crippen LogP contribution is -2.13. The topological polar surface area (TPSA) is 81.1 Å². The van der Waals surface area contributed by atoms with E-state index in [4.69, 9.17) is 0 Å². The average Bonchev–Trinajstić information content (AvgIpc) is 3.05. The van der Waals surface area contributed by atoms with E-state index in [-0.39, 0.29) is 0 Å². The van der Waals surface area contributed by atoms with Crippen molar-refractivity contribution in [2.45, 2.75) is 32.9 Å². The SMILES string of the molecule is CC(C)Cn1ncnc1CC(O)c1cnn2ccncc12. The predicted octanol–water partition coefficient (Wildman–Crippen LogP) is 1.25. The Morgan fingerprint density at radius 3 is 2.90 bits per heavy atom. The molecule has 0 amide bonds. The van der Waals surface area contributed by atoms with Crippen LogP contribution < -0.4 is 0 Å². The maximum absolute atomic E-state index is 10.5. The molecule has 1 N–H and O–H groups in total. The molecule has 0 aliphatic carbocycles. The molecule has 7 nitrogen and oxygen atoms in total. The molecule has 7 heteroatoms. The zero-order valence-electron chi connectivity index (χ0n) is 12.1. The van der Waals surface area contributed by atoms with E-state index >= 15 is 0 Å². The maximum atomic E-state index is 10.5. The highest BCUT2D eigenvalue weighted by molar-refractivity contribution is 5.52. The van der Waals surface area contributed by atoms with Crippen molar-refractivity contribution in [2.75, 3.05) is 0 Å². The second-order valence-corrected chi connectivity index (χ2v) is 5.48. The number of rotatable bonds is 5. The Labute approximate surface area is 122 Å². The largest absolute Gasteiger partial charge is 0.388 e. The van der Waals surface area contributed by atoms with Gasteiger partial charge in [0.05, 0.1) is 24.0 Å².